The molecule has 1 aromatic rings. The molecule has 13 nitrogen and oxygen atoms in total. The van der Waals surface area contributed by atoms with E-state index in [0.29, 0.717) is 5.56 Å². The molecule has 0 aliphatic carbocycles. The number of nitro groups is 3. The Labute approximate surface area is 122 Å². The second kappa shape index (κ2) is 7.44. The number of guanidine groups is 1. The van der Waals surface area contributed by atoms with E-state index >= 15 is 0 Å². The van der Waals surface area contributed by atoms with Crippen LogP contribution in [-0.4, -0.2) is 27.4 Å². The maximum Gasteiger partial charge on any atom is 0.280 e. The Hall–Kier alpha value is -3.35. The molecule has 0 aliphatic rings. The van der Waals surface area contributed by atoms with E-state index < -0.39 is 33.4 Å². The third kappa shape index (κ3) is 5.33. The first-order chi connectivity index (χ1) is 10.3. The van der Waals surface area contributed by atoms with Crippen LogP contribution in [0.25, 0.3) is 0 Å². The lowest BCUT2D eigenvalue weighted by atomic mass is 10.1. The van der Waals surface area contributed by atoms with Crippen LogP contribution in [0.15, 0.2) is 29.4 Å². The van der Waals surface area contributed by atoms with E-state index in [1.807, 2.05) is 0 Å². The number of nitro benzene ring substituents is 1. The predicted molar refractivity (Wildman–Crippen MR) is 72.6 cm³/mol. The topological polar surface area (TPSA) is 192 Å². The molecule has 4 N–H and O–H groups in total. The van der Waals surface area contributed by atoms with Crippen molar-refractivity contribution in [1.82, 2.24) is 10.9 Å². The Morgan fingerprint density at radius 1 is 1.18 bits per heavy atom. The summed E-state index contributed by atoms with van der Waals surface area (Å²) in [5, 5.41) is 33.0. The summed E-state index contributed by atoms with van der Waals surface area (Å²) in [6.07, 6.45) is 0. The first kappa shape index (κ1) is 16.7. The zero-order valence-electron chi connectivity index (χ0n) is 10.9. The molecule has 0 spiro atoms. The predicted octanol–water partition coefficient (Wildman–Crippen LogP) is -0.487. The average molecular weight is 313 g/mol. The summed E-state index contributed by atoms with van der Waals surface area (Å²) >= 11 is 0. The fraction of sp³-hybridized carbons (Fsp3) is 0.222. The van der Waals surface area contributed by atoms with Gasteiger partial charge in [0.2, 0.25) is 6.54 Å². The normalized spacial score (nSPS) is 12.5. The van der Waals surface area contributed by atoms with Gasteiger partial charge in [-0.25, -0.2) is 15.5 Å². The van der Waals surface area contributed by atoms with Gasteiger partial charge >= 0.3 is 0 Å². The molecule has 0 fully saturated rings. The van der Waals surface area contributed by atoms with Crippen LogP contribution in [0.1, 0.15) is 11.6 Å². The number of nitrogens with zero attached hydrogens (tertiary/aromatic N) is 4. The highest BCUT2D eigenvalue weighted by Gasteiger charge is 2.19. The van der Waals surface area contributed by atoms with Crippen LogP contribution < -0.4 is 16.6 Å². The lowest BCUT2D eigenvalue weighted by molar-refractivity contribution is -0.486. The molecule has 0 aromatic heterocycles. The Morgan fingerprint density at radius 3 is 2.23 bits per heavy atom. The van der Waals surface area contributed by atoms with Gasteiger partial charge in [-0.15, -0.1) is 0 Å². The van der Waals surface area contributed by atoms with E-state index in [1.54, 1.807) is 0 Å². The third-order valence-electron chi connectivity index (χ3n) is 2.40. The summed E-state index contributed by atoms with van der Waals surface area (Å²) in [6, 6.07) is 4.07. The minimum absolute atomic E-state index is 0.175. The Balaban J connectivity index is 2.86. The van der Waals surface area contributed by atoms with Crippen LogP contribution in [0.3, 0.4) is 0 Å². The Bertz CT molecular complexity index is 601. The molecule has 13 heteroatoms. The van der Waals surface area contributed by atoms with Crippen LogP contribution in [0.5, 0.6) is 0 Å². The van der Waals surface area contributed by atoms with Gasteiger partial charge in [0.1, 0.15) is 11.1 Å². The van der Waals surface area contributed by atoms with Gasteiger partial charge in [-0.3, -0.25) is 25.7 Å². The van der Waals surface area contributed by atoms with Crippen molar-refractivity contribution >= 4 is 11.6 Å². The Morgan fingerprint density at radius 2 is 1.77 bits per heavy atom. The molecule has 0 radical (unpaired) electrons. The fourth-order valence-corrected chi connectivity index (χ4v) is 1.49. The van der Waals surface area contributed by atoms with Crippen molar-refractivity contribution in [3.8, 4) is 0 Å². The van der Waals surface area contributed by atoms with Gasteiger partial charge in [0.05, 0.1) is 4.92 Å². The van der Waals surface area contributed by atoms with Gasteiger partial charge in [0.25, 0.3) is 11.6 Å². The summed E-state index contributed by atoms with van der Waals surface area (Å²) in [4.78, 5) is 30.1. The maximum atomic E-state index is 10.6. The quantitative estimate of drug-likeness (QED) is 0.258. The Kier molecular flexibility index (Phi) is 5.65. The zero-order chi connectivity index (χ0) is 16.7. The van der Waals surface area contributed by atoms with Crippen molar-refractivity contribution < 1.29 is 14.9 Å². The SMILES string of the molecule is NC(=N[N+](=O)[O-])NNC(C[N+](=O)[O-])c1ccc([N+](=O)[O-])cc1. The van der Waals surface area contributed by atoms with Crippen LogP contribution in [-0.2, 0) is 0 Å². The molecule has 1 aromatic carbocycles. The minimum Gasteiger partial charge on any atom is -0.364 e. The van der Waals surface area contributed by atoms with E-state index in [1.165, 1.54) is 24.3 Å². The number of benzene rings is 1. The van der Waals surface area contributed by atoms with Crippen LogP contribution in [0.4, 0.5) is 5.69 Å². The van der Waals surface area contributed by atoms with E-state index in [-0.39, 0.29) is 5.69 Å². The van der Waals surface area contributed by atoms with Gasteiger partial charge in [-0.2, -0.15) is 0 Å². The second-order valence-electron chi connectivity index (χ2n) is 3.91. The van der Waals surface area contributed by atoms with Gasteiger partial charge in [-0.05, 0) is 5.56 Å². The van der Waals surface area contributed by atoms with Crippen molar-refractivity contribution in [1.29, 1.82) is 0 Å². The van der Waals surface area contributed by atoms with E-state index in [9.17, 15) is 30.3 Å². The fourth-order valence-electron chi connectivity index (χ4n) is 1.49. The number of non-ortho nitro benzene ring substituents is 1. The molecule has 0 aliphatic heterocycles. The molecule has 22 heavy (non-hydrogen) atoms. The summed E-state index contributed by atoms with van der Waals surface area (Å²) in [6.45, 7) is -0.587. The molecular weight excluding hydrogens is 302 g/mol. The number of hydrazine groups is 1. The summed E-state index contributed by atoms with van der Waals surface area (Å²) in [7, 11) is 0. The number of nitrogens with two attached hydrogens (primary N) is 1. The average Bonchev–Trinajstić information content (AvgIpc) is 2.42. The van der Waals surface area contributed by atoms with E-state index in [2.05, 4.69) is 16.0 Å². The number of hydrogen-bond acceptors (Lipinski definition) is 7. The molecule has 1 unspecified atom stereocenters. The van der Waals surface area contributed by atoms with Crippen molar-refractivity contribution in [3.63, 3.8) is 0 Å². The van der Waals surface area contributed by atoms with Crippen LogP contribution >= 0.6 is 0 Å². The number of nitrogens with one attached hydrogen (secondary N) is 2. The monoisotopic (exact) mass is 313 g/mol. The summed E-state index contributed by atoms with van der Waals surface area (Å²) in [5.74, 6) is -0.597. The molecule has 0 amide bonds. The first-order valence-electron chi connectivity index (χ1n) is 5.65. The highest BCUT2D eigenvalue weighted by Crippen LogP contribution is 2.17. The number of rotatable bonds is 7. The number of hydrogen-bond donors (Lipinski definition) is 3. The first-order valence-corrected chi connectivity index (χ1v) is 5.65. The van der Waals surface area contributed by atoms with Crippen molar-refractivity contribution in [2.75, 3.05) is 6.54 Å². The highest BCUT2D eigenvalue weighted by atomic mass is 16.7. The molecule has 0 heterocycles. The van der Waals surface area contributed by atoms with Gasteiger partial charge in [0, 0.05) is 17.1 Å². The second-order valence-corrected chi connectivity index (χ2v) is 3.91. The zero-order valence-corrected chi connectivity index (χ0v) is 10.9. The summed E-state index contributed by atoms with van der Waals surface area (Å²) in [5.41, 5.74) is 9.90. The molecule has 118 valence electrons. The molecule has 0 saturated carbocycles. The highest BCUT2D eigenvalue weighted by molar-refractivity contribution is 5.76. The summed E-state index contributed by atoms with van der Waals surface area (Å²) < 4.78 is 0. The van der Waals surface area contributed by atoms with E-state index in [0.717, 1.165) is 0 Å². The lowest BCUT2D eigenvalue weighted by Crippen LogP contribution is -2.46. The lowest BCUT2D eigenvalue weighted by Gasteiger charge is -2.15. The maximum absolute atomic E-state index is 10.6. The molecule has 0 saturated heterocycles. The van der Waals surface area contributed by atoms with Gasteiger partial charge in [-0.1, -0.05) is 12.1 Å². The van der Waals surface area contributed by atoms with Gasteiger partial charge < -0.3 is 5.73 Å². The van der Waals surface area contributed by atoms with Crippen molar-refractivity contribution in [2.45, 2.75) is 6.04 Å². The van der Waals surface area contributed by atoms with Crippen molar-refractivity contribution in [3.05, 3.63) is 60.2 Å². The van der Waals surface area contributed by atoms with Crippen molar-refractivity contribution in [2.24, 2.45) is 10.8 Å². The number of hydrazone groups is 1. The largest absolute Gasteiger partial charge is 0.364 e. The molecule has 1 atom stereocenters. The third-order valence-corrected chi connectivity index (χ3v) is 2.40. The molecular formula is C9H11N7O6. The smallest absolute Gasteiger partial charge is 0.280 e. The van der Waals surface area contributed by atoms with Crippen LogP contribution in [0, 0.1) is 30.3 Å². The van der Waals surface area contributed by atoms with E-state index in [4.69, 9.17) is 5.73 Å². The minimum atomic E-state index is -1.04. The standard InChI is InChI=1S/C9H11N7O6/c10-9(13-16(21)22)12-11-8(5-14(17)18)6-1-3-7(4-2-6)15(19)20/h1-4,8,11H,5H2,(H3,10,12,13). The molecule has 1 rings (SSSR count). The van der Waals surface area contributed by atoms with Gasteiger partial charge in [0.15, 0.2) is 5.03 Å². The molecule has 0 bridgehead atoms. The van der Waals surface area contributed by atoms with Crippen LogP contribution in [0.2, 0.25) is 0 Å².